The first-order valence-electron chi connectivity index (χ1n) is 9.69. The molecule has 0 radical (unpaired) electrons. The normalized spacial score (nSPS) is 10.9. The van der Waals surface area contributed by atoms with Crippen LogP contribution in [0.4, 0.5) is 17.3 Å². The van der Waals surface area contributed by atoms with Crippen molar-refractivity contribution in [1.82, 2.24) is 14.6 Å². The summed E-state index contributed by atoms with van der Waals surface area (Å²) < 4.78 is 1.65. The van der Waals surface area contributed by atoms with E-state index in [-0.39, 0.29) is 5.56 Å². The Morgan fingerprint density at radius 3 is 2.47 bits per heavy atom. The van der Waals surface area contributed by atoms with Crippen molar-refractivity contribution in [3.63, 3.8) is 0 Å². The number of hydrogen-bond donors (Lipinski definition) is 2. The van der Waals surface area contributed by atoms with E-state index in [1.54, 1.807) is 4.52 Å². The Kier molecular flexibility index (Phi) is 5.10. The van der Waals surface area contributed by atoms with Gasteiger partial charge in [-0.2, -0.15) is 9.61 Å². The first-order chi connectivity index (χ1) is 14.4. The summed E-state index contributed by atoms with van der Waals surface area (Å²) in [6.07, 6.45) is 1.46. The third-order valence-corrected chi connectivity index (χ3v) is 4.87. The number of fused-ring (bicyclic) bond motifs is 1. The van der Waals surface area contributed by atoms with Gasteiger partial charge in [0.2, 0.25) is 0 Å². The molecule has 0 unspecified atom stereocenters. The largest absolute Gasteiger partial charge is 0.365 e. The van der Waals surface area contributed by atoms with Gasteiger partial charge in [0.15, 0.2) is 5.65 Å². The van der Waals surface area contributed by atoms with E-state index in [9.17, 15) is 4.79 Å². The molecule has 0 fully saturated rings. The molecule has 0 atom stereocenters. The highest BCUT2D eigenvalue weighted by Crippen LogP contribution is 2.25. The number of benzene rings is 2. The summed E-state index contributed by atoms with van der Waals surface area (Å²) >= 11 is 0. The second-order valence-corrected chi connectivity index (χ2v) is 7.50. The average molecular weight is 400 g/mol. The summed E-state index contributed by atoms with van der Waals surface area (Å²) in [7, 11) is 1.98. The highest BCUT2D eigenvalue weighted by Gasteiger charge is 2.17. The number of carbonyl (C=O) groups is 1. The summed E-state index contributed by atoms with van der Waals surface area (Å²) in [4.78, 5) is 18.6. The first kappa shape index (κ1) is 19.4. The van der Waals surface area contributed by atoms with Crippen LogP contribution >= 0.6 is 0 Å². The molecule has 152 valence electrons. The second-order valence-electron chi connectivity index (χ2n) is 7.50. The molecule has 0 aliphatic heterocycles. The number of primary amides is 1. The van der Waals surface area contributed by atoms with Gasteiger partial charge in [-0.05, 0) is 42.7 Å². The molecule has 30 heavy (non-hydrogen) atoms. The van der Waals surface area contributed by atoms with Crippen LogP contribution in [-0.4, -0.2) is 27.6 Å². The maximum atomic E-state index is 11.9. The third-order valence-electron chi connectivity index (χ3n) is 4.87. The lowest BCUT2D eigenvalue weighted by Gasteiger charge is -2.21. The molecule has 0 aliphatic carbocycles. The van der Waals surface area contributed by atoms with Gasteiger partial charge < -0.3 is 16.0 Å². The summed E-state index contributed by atoms with van der Waals surface area (Å²) in [5.41, 5.74) is 10.7. The molecule has 2 aromatic carbocycles. The molecule has 0 spiro atoms. The molecule has 4 rings (SSSR count). The lowest BCUT2D eigenvalue weighted by molar-refractivity contribution is 0.100. The number of hydrogen-bond acceptors (Lipinski definition) is 5. The van der Waals surface area contributed by atoms with Gasteiger partial charge in [-0.3, -0.25) is 4.79 Å². The third kappa shape index (κ3) is 3.96. The van der Waals surface area contributed by atoms with E-state index >= 15 is 0 Å². The number of nitrogens with zero attached hydrogens (tertiary/aromatic N) is 4. The van der Waals surface area contributed by atoms with Crippen molar-refractivity contribution in [3.05, 3.63) is 83.0 Å². The zero-order chi connectivity index (χ0) is 21.3. The van der Waals surface area contributed by atoms with Gasteiger partial charge in [-0.15, -0.1) is 0 Å². The Labute approximate surface area is 175 Å². The average Bonchev–Trinajstić information content (AvgIpc) is 3.11. The number of amides is 1. The highest BCUT2D eigenvalue weighted by atomic mass is 16.1. The van der Waals surface area contributed by atoms with Crippen LogP contribution < -0.4 is 16.0 Å². The van der Waals surface area contributed by atoms with Crippen molar-refractivity contribution in [2.24, 2.45) is 5.73 Å². The van der Waals surface area contributed by atoms with E-state index in [2.05, 4.69) is 64.5 Å². The molecule has 3 N–H and O–H groups in total. The number of anilines is 3. The second kappa shape index (κ2) is 7.87. The minimum absolute atomic E-state index is 0.286. The summed E-state index contributed by atoms with van der Waals surface area (Å²) in [5.74, 6) is 0.853. The lowest BCUT2D eigenvalue weighted by atomic mass is 10.1. The molecular weight excluding hydrogens is 376 g/mol. The molecule has 1 amide bonds. The number of nitrogens with one attached hydrogen (secondary N) is 1. The van der Waals surface area contributed by atoms with Crippen molar-refractivity contribution >= 4 is 28.9 Å². The van der Waals surface area contributed by atoms with E-state index in [1.165, 1.54) is 6.20 Å². The van der Waals surface area contributed by atoms with Crippen LogP contribution in [0.25, 0.3) is 5.65 Å². The minimum Gasteiger partial charge on any atom is -0.365 e. The van der Waals surface area contributed by atoms with Gasteiger partial charge in [0.1, 0.15) is 17.2 Å². The zero-order valence-electron chi connectivity index (χ0n) is 17.3. The standard InChI is InChI=1S/C23H24N6O/c1-15-9-16(2)11-18(10-15)26-20-12-21(28(3)14-17-7-5-4-6-8-17)29-23(27-20)19(13-25-29)22(24)30/h4-13H,14H2,1-3H3,(H2,24,30)(H,26,27). The fourth-order valence-electron chi connectivity index (χ4n) is 3.59. The molecule has 0 saturated heterocycles. The maximum Gasteiger partial charge on any atom is 0.254 e. The van der Waals surface area contributed by atoms with Gasteiger partial charge in [-0.1, -0.05) is 36.4 Å². The van der Waals surface area contributed by atoms with Gasteiger partial charge in [0.05, 0.1) is 6.20 Å². The maximum absolute atomic E-state index is 11.9. The zero-order valence-corrected chi connectivity index (χ0v) is 17.3. The number of aromatic nitrogens is 3. The molecule has 7 nitrogen and oxygen atoms in total. The smallest absolute Gasteiger partial charge is 0.254 e. The van der Waals surface area contributed by atoms with Crippen LogP contribution in [0.15, 0.2) is 60.8 Å². The van der Waals surface area contributed by atoms with Crippen LogP contribution in [-0.2, 0) is 6.54 Å². The van der Waals surface area contributed by atoms with Gasteiger partial charge in [0, 0.05) is 25.3 Å². The molecule has 0 aliphatic rings. The highest BCUT2D eigenvalue weighted by molar-refractivity contribution is 5.99. The van der Waals surface area contributed by atoms with Crippen molar-refractivity contribution < 1.29 is 4.79 Å². The van der Waals surface area contributed by atoms with Crippen molar-refractivity contribution in [3.8, 4) is 0 Å². The molecule has 4 aromatic rings. The number of nitrogens with two attached hydrogens (primary N) is 1. The fraction of sp³-hybridized carbons (Fsp3) is 0.174. The van der Waals surface area contributed by atoms with Crippen LogP contribution in [0.2, 0.25) is 0 Å². The molecule has 2 heterocycles. The van der Waals surface area contributed by atoms with Crippen molar-refractivity contribution in [2.75, 3.05) is 17.3 Å². The minimum atomic E-state index is -0.558. The van der Waals surface area contributed by atoms with Gasteiger partial charge in [0.25, 0.3) is 5.91 Å². The SMILES string of the molecule is Cc1cc(C)cc(Nc2cc(N(C)Cc3ccccc3)n3ncc(C(N)=O)c3n2)c1. The molecule has 0 saturated carbocycles. The Balaban J connectivity index is 1.78. The Morgan fingerprint density at radius 1 is 1.10 bits per heavy atom. The quantitative estimate of drug-likeness (QED) is 0.514. The van der Waals surface area contributed by atoms with E-state index < -0.39 is 5.91 Å². The van der Waals surface area contributed by atoms with E-state index in [0.717, 1.165) is 28.2 Å². The number of rotatable bonds is 6. The Hall–Kier alpha value is -3.87. The van der Waals surface area contributed by atoms with Gasteiger partial charge in [-0.25, -0.2) is 4.98 Å². The molecule has 2 aromatic heterocycles. The van der Waals surface area contributed by atoms with Crippen LogP contribution in [0, 0.1) is 13.8 Å². The predicted molar refractivity (Wildman–Crippen MR) is 119 cm³/mol. The Morgan fingerprint density at radius 2 is 1.80 bits per heavy atom. The molecule has 7 heteroatoms. The number of aryl methyl sites for hydroxylation is 2. The number of carbonyl (C=O) groups excluding carboxylic acids is 1. The molecular formula is C23H24N6O. The summed E-state index contributed by atoms with van der Waals surface area (Å²) in [6.45, 7) is 4.78. The van der Waals surface area contributed by atoms with Crippen molar-refractivity contribution in [2.45, 2.75) is 20.4 Å². The molecule has 0 bridgehead atoms. The van der Waals surface area contributed by atoms with Crippen LogP contribution in [0.3, 0.4) is 0 Å². The fourth-order valence-corrected chi connectivity index (χ4v) is 3.59. The van der Waals surface area contributed by atoms with E-state index in [1.807, 2.05) is 31.3 Å². The predicted octanol–water partition coefficient (Wildman–Crippen LogP) is 3.83. The van der Waals surface area contributed by atoms with Crippen LogP contribution in [0.1, 0.15) is 27.0 Å². The lowest BCUT2D eigenvalue weighted by Crippen LogP contribution is -2.20. The van der Waals surface area contributed by atoms with Gasteiger partial charge >= 0.3 is 0 Å². The Bertz CT molecular complexity index is 1200. The summed E-state index contributed by atoms with van der Waals surface area (Å²) in [5, 5.41) is 7.72. The summed E-state index contributed by atoms with van der Waals surface area (Å²) in [6, 6.07) is 18.3. The van der Waals surface area contributed by atoms with Crippen molar-refractivity contribution in [1.29, 1.82) is 0 Å². The van der Waals surface area contributed by atoms with E-state index in [4.69, 9.17) is 5.73 Å². The van der Waals surface area contributed by atoms with Crippen LogP contribution in [0.5, 0.6) is 0 Å². The first-order valence-corrected chi connectivity index (χ1v) is 9.69. The monoisotopic (exact) mass is 400 g/mol. The van der Waals surface area contributed by atoms with E-state index in [0.29, 0.717) is 18.0 Å². The topological polar surface area (TPSA) is 88.5 Å².